The molecule has 0 amide bonds. The first-order chi connectivity index (χ1) is 15.3. The Hall–Kier alpha value is -3.59. The van der Waals surface area contributed by atoms with Crippen molar-refractivity contribution in [2.75, 3.05) is 12.4 Å². The minimum atomic E-state index is -1.17. The van der Waals surface area contributed by atoms with E-state index in [1.165, 1.54) is 18.5 Å². The number of imidazole rings is 1. The SMILES string of the molecule is COc1ccnc2c1[C@H]1C[C@@H](N2)c2nc3cc(F)c(-c4cnc(C(C)(C)O)nc4)cc3n21. The van der Waals surface area contributed by atoms with E-state index in [0.29, 0.717) is 16.6 Å². The molecule has 1 aromatic carbocycles. The lowest BCUT2D eigenvalue weighted by molar-refractivity contribution is 0.0687. The molecule has 0 fully saturated rings. The highest BCUT2D eigenvalue weighted by atomic mass is 19.1. The van der Waals surface area contributed by atoms with E-state index in [9.17, 15) is 5.11 Å². The van der Waals surface area contributed by atoms with Crippen LogP contribution in [0.15, 0.2) is 36.8 Å². The summed E-state index contributed by atoms with van der Waals surface area (Å²) in [6.45, 7) is 3.22. The third-order valence-electron chi connectivity index (χ3n) is 6.21. The van der Waals surface area contributed by atoms with E-state index >= 15 is 4.39 Å². The maximum absolute atomic E-state index is 15.1. The van der Waals surface area contributed by atoms with Gasteiger partial charge >= 0.3 is 0 Å². The predicted molar refractivity (Wildman–Crippen MR) is 116 cm³/mol. The first-order valence-electron chi connectivity index (χ1n) is 10.4. The van der Waals surface area contributed by atoms with Gasteiger partial charge in [0.2, 0.25) is 0 Å². The maximum atomic E-state index is 15.1. The Morgan fingerprint density at radius 2 is 2.00 bits per heavy atom. The molecule has 0 saturated heterocycles. The van der Waals surface area contributed by atoms with Gasteiger partial charge in [-0.3, -0.25) is 0 Å². The number of nitrogens with zero attached hydrogens (tertiary/aromatic N) is 5. The van der Waals surface area contributed by atoms with Crippen molar-refractivity contribution in [2.24, 2.45) is 0 Å². The predicted octanol–water partition coefficient (Wildman–Crippen LogP) is 3.72. The molecule has 0 unspecified atom stereocenters. The van der Waals surface area contributed by atoms with Gasteiger partial charge in [0.15, 0.2) is 5.82 Å². The van der Waals surface area contributed by atoms with Crippen LogP contribution < -0.4 is 10.1 Å². The molecule has 0 radical (unpaired) electrons. The number of halogens is 1. The number of methoxy groups -OCH3 is 1. The van der Waals surface area contributed by atoms with Crippen molar-refractivity contribution in [2.45, 2.75) is 38.0 Å². The Morgan fingerprint density at radius 3 is 2.72 bits per heavy atom. The van der Waals surface area contributed by atoms with Crippen LogP contribution in [0.25, 0.3) is 22.2 Å². The van der Waals surface area contributed by atoms with Crippen LogP contribution in [0.3, 0.4) is 0 Å². The van der Waals surface area contributed by atoms with Crippen LogP contribution in [0.1, 0.15) is 49.6 Å². The van der Waals surface area contributed by atoms with Gasteiger partial charge in [-0.2, -0.15) is 0 Å². The molecule has 0 aliphatic carbocycles. The molecule has 8 nitrogen and oxygen atoms in total. The Balaban J connectivity index is 1.52. The van der Waals surface area contributed by atoms with E-state index < -0.39 is 11.4 Å². The highest BCUT2D eigenvalue weighted by Gasteiger charge is 2.42. The summed E-state index contributed by atoms with van der Waals surface area (Å²) in [4.78, 5) is 17.7. The van der Waals surface area contributed by atoms with Gasteiger partial charge in [0.05, 0.1) is 35.8 Å². The molecule has 9 heteroatoms. The van der Waals surface area contributed by atoms with Gasteiger partial charge < -0.3 is 19.7 Å². The maximum Gasteiger partial charge on any atom is 0.159 e. The third kappa shape index (κ3) is 2.64. The van der Waals surface area contributed by atoms with Gasteiger partial charge in [-0.15, -0.1) is 0 Å². The molecular formula is C23H21FN6O2. The van der Waals surface area contributed by atoms with Gasteiger partial charge in [0, 0.05) is 42.2 Å². The molecule has 2 aliphatic heterocycles. The average Bonchev–Trinajstić information content (AvgIpc) is 3.27. The number of aromatic nitrogens is 5. The summed E-state index contributed by atoms with van der Waals surface area (Å²) in [5.41, 5.74) is 2.15. The molecule has 3 aromatic heterocycles. The van der Waals surface area contributed by atoms with Crippen molar-refractivity contribution in [1.29, 1.82) is 0 Å². The molecule has 6 rings (SSSR count). The zero-order chi connectivity index (χ0) is 22.2. The first kappa shape index (κ1) is 19.1. The van der Waals surface area contributed by atoms with E-state index in [1.54, 1.807) is 33.2 Å². The Kier molecular flexibility index (Phi) is 3.86. The van der Waals surface area contributed by atoms with Gasteiger partial charge in [0.25, 0.3) is 0 Å². The van der Waals surface area contributed by atoms with Crippen LogP contribution in [0.5, 0.6) is 5.75 Å². The van der Waals surface area contributed by atoms with Crippen LogP contribution in [-0.2, 0) is 5.60 Å². The minimum absolute atomic E-state index is 0.000389. The van der Waals surface area contributed by atoms with Gasteiger partial charge in [-0.1, -0.05) is 0 Å². The van der Waals surface area contributed by atoms with Gasteiger partial charge in [0.1, 0.15) is 28.8 Å². The normalized spacial score (nSPS) is 18.9. The molecule has 2 N–H and O–H groups in total. The Bertz CT molecular complexity index is 1380. The number of pyridine rings is 1. The molecule has 2 aliphatic rings. The number of nitrogens with one attached hydrogen (secondary N) is 1. The number of anilines is 1. The summed E-state index contributed by atoms with van der Waals surface area (Å²) in [6, 6.07) is 5.10. The molecular weight excluding hydrogens is 411 g/mol. The summed E-state index contributed by atoms with van der Waals surface area (Å²) in [7, 11) is 1.65. The van der Waals surface area contributed by atoms with E-state index in [1.807, 2.05) is 6.07 Å². The molecule has 162 valence electrons. The lowest BCUT2D eigenvalue weighted by Gasteiger charge is -2.25. The van der Waals surface area contributed by atoms with Crippen molar-refractivity contribution in [3.8, 4) is 16.9 Å². The van der Waals surface area contributed by atoms with Crippen molar-refractivity contribution in [3.63, 3.8) is 0 Å². The smallest absolute Gasteiger partial charge is 0.159 e. The number of hydrogen-bond acceptors (Lipinski definition) is 7. The molecule has 5 heterocycles. The second-order valence-electron chi connectivity index (χ2n) is 8.74. The zero-order valence-corrected chi connectivity index (χ0v) is 17.8. The number of benzene rings is 1. The zero-order valence-electron chi connectivity index (χ0n) is 17.8. The van der Waals surface area contributed by atoms with E-state index in [0.717, 1.165) is 34.9 Å². The van der Waals surface area contributed by atoms with Crippen molar-refractivity contribution in [1.82, 2.24) is 24.5 Å². The number of fused-ring (bicyclic) bond motifs is 9. The monoisotopic (exact) mass is 432 g/mol. The lowest BCUT2D eigenvalue weighted by Crippen LogP contribution is -2.19. The summed E-state index contributed by atoms with van der Waals surface area (Å²) in [6.07, 6.45) is 5.62. The van der Waals surface area contributed by atoms with Crippen LogP contribution >= 0.6 is 0 Å². The van der Waals surface area contributed by atoms with Gasteiger partial charge in [-0.25, -0.2) is 24.3 Å². The lowest BCUT2D eigenvalue weighted by atomic mass is 9.97. The number of ether oxygens (including phenoxy) is 1. The second kappa shape index (κ2) is 6.46. The summed E-state index contributed by atoms with van der Waals surface area (Å²) in [5.74, 6) is 2.30. The summed E-state index contributed by atoms with van der Waals surface area (Å²) in [5, 5.41) is 13.6. The van der Waals surface area contributed by atoms with Gasteiger partial charge in [-0.05, 0) is 26.0 Å². The van der Waals surface area contributed by atoms with Crippen LogP contribution in [0, 0.1) is 5.82 Å². The molecule has 0 saturated carbocycles. The topological polar surface area (TPSA) is 98.0 Å². The molecule has 2 bridgehead atoms. The molecule has 0 spiro atoms. The van der Waals surface area contributed by atoms with Crippen molar-refractivity contribution >= 4 is 16.9 Å². The number of aliphatic hydroxyl groups is 1. The molecule has 4 aromatic rings. The van der Waals surface area contributed by atoms with Crippen molar-refractivity contribution < 1.29 is 14.2 Å². The minimum Gasteiger partial charge on any atom is -0.496 e. The van der Waals surface area contributed by atoms with Crippen LogP contribution in [0.4, 0.5) is 10.2 Å². The fraction of sp³-hybridized carbons (Fsp3) is 0.304. The fourth-order valence-electron chi connectivity index (χ4n) is 4.75. The van der Waals surface area contributed by atoms with Crippen LogP contribution in [0.2, 0.25) is 0 Å². The van der Waals surface area contributed by atoms with Crippen LogP contribution in [-0.4, -0.2) is 36.7 Å². The van der Waals surface area contributed by atoms with Crippen molar-refractivity contribution in [3.05, 3.63) is 59.8 Å². The average molecular weight is 432 g/mol. The fourth-order valence-corrected chi connectivity index (χ4v) is 4.75. The number of rotatable bonds is 3. The Labute approximate surface area is 183 Å². The quantitative estimate of drug-likeness (QED) is 0.509. The molecule has 2 atom stereocenters. The first-order valence-corrected chi connectivity index (χ1v) is 10.4. The standard InChI is InChI=1S/C23H21FN6O2/c1-23(2,31)22-26-9-11(10-27-22)12-6-16-14(7-13(12)24)29-21-15-8-17(30(16)21)19-18(32-3)4-5-25-20(19)28-15/h4-7,9-10,15,17,31H,8H2,1-3H3,(H,25,28)/t15-,17-/m1/s1. The van der Waals surface area contributed by atoms with E-state index in [-0.39, 0.29) is 17.9 Å². The highest BCUT2D eigenvalue weighted by molar-refractivity contribution is 5.84. The number of hydrogen-bond donors (Lipinski definition) is 2. The largest absolute Gasteiger partial charge is 0.496 e. The van der Waals surface area contributed by atoms with E-state index in [2.05, 4.69) is 24.8 Å². The molecule has 32 heavy (non-hydrogen) atoms. The summed E-state index contributed by atoms with van der Waals surface area (Å²) >= 11 is 0. The summed E-state index contributed by atoms with van der Waals surface area (Å²) < 4.78 is 22.8. The van der Waals surface area contributed by atoms with E-state index in [4.69, 9.17) is 9.72 Å². The Morgan fingerprint density at radius 1 is 1.22 bits per heavy atom. The second-order valence-corrected chi connectivity index (χ2v) is 8.74. The third-order valence-corrected chi connectivity index (χ3v) is 6.21. The highest BCUT2D eigenvalue weighted by Crippen LogP contribution is 2.51.